The predicted octanol–water partition coefficient (Wildman–Crippen LogP) is 5.34. The van der Waals surface area contributed by atoms with Gasteiger partial charge in [0.25, 0.3) is 0 Å². The topological polar surface area (TPSA) is 72.2 Å². The molecular weight excluding hydrogens is 380 g/mol. The van der Waals surface area contributed by atoms with Crippen LogP contribution < -0.4 is 9.62 Å². The third-order valence-corrected chi connectivity index (χ3v) is 5.62. The van der Waals surface area contributed by atoms with Crippen molar-refractivity contribution in [1.29, 1.82) is 5.41 Å². The summed E-state index contributed by atoms with van der Waals surface area (Å²) in [5.41, 5.74) is 5.90. The van der Waals surface area contributed by atoms with E-state index >= 15 is 0 Å². The Labute approximate surface area is 176 Å². The summed E-state index contributed by atoms with van der Waals surface area (Å²) in [4.78, 5) is 4.80. The van der Waals surface area contributed by atoms with Gasteiger partial charge in [0.2, 0.25) is 0 Å². The number of nitrogens with zero attached hydrogens (tertiary/aromatic N) is 2. The van der Waals surface area contributed by atoms with Gasteiger partial charge in [0, 0.05) is 37.2 Å². The minimum atomic E-state index is 0.259. The summed E-state index contributed by atoms with van der Waals surface area (Å²) in [6.45, 7) is 2.66. The predicted molar refractivity (Wildman–Crippen MR) is 124 cm³/mol. The summed E-state index contributed by atoms with van der Waals surface area (Å²) in [6, 6.07) is 17.4. The van der Waals surface area contributed by atoms with E-state index in [0.717, 1.165) is 40.1 Å². The smallest absolute Gasteiger partial charge is 0.135 e. The number of aromatic nitrogens is 1. The monoisotopic (exact) mass is 406 g/mol. The third-order valence-electron chi connectivity index (χ3n) is 4.88. The first-order valence-electron chi connectivity index (χ1n) is 9.50. The number of rotatable bonds is 8. The van der Waals surface area contributed by atoms with Crippen molar-refractivity contribution in [3.8, 4) is 17.0 Å². The van der Waals surface area contributed by atoms with Gasteiger partial charge >= 0.3 is 0 Å². The zero-order chi connectivity index (χ0) is 20.8. The maximum Gasteiger partial charge on any atom is 0.135 e. The zero-order valence-electron chi connectivity index (χ0n) is 16.9. The van der Waals surface area contributed by atoms with E-state index in [1.165, 1.54) is 6.21 Å². The lowest BCUT2D eigenvalue weighted by atomic mass is 10.0. The van der Waals surface area contributed by atoms with Gasteiger partial charge in [-0.1, -0.05) is 37.1 Å². The Morgan fingerprint density at radius 1 is 1.14 bits per heavy atom. The first-order valence-corrected chi connectivity index (χ1v) is 10.7. The lowest BCUT2D eigenvalue weighted by Gasteiger charge is -2.20. The molecule has 5 nitrogen and oxygen atoms in total. The van der Waals surface area contributed by atoms with E-state index in [-0.39, 0.29) is 5.75 Å². The highest BCUT2D eigenvalue weighted by molar-refractivity contribution is 7.99. The average molecular weight is 407 g/mol. The van der Waals surface area contributed by atoms with Gasteiger partial charge < -0.3 is 20.1 Å². The van der Waals surface area contributed by atoms with Gasteiger partial charge in [-0.15, -0.1) is 0 Å². The van der Waals surface area contributed by atoms with Crippen LogP contribution in [0.3, 0.4) is 0 Å². The second kappa shape index (κ2) is 9.47. The number of nitrogens with one attached hydrogen (secondary N) is 2. The Morgan fingerprint density at radius 2 is 1.93 bits per heavy atom. The molecule has 3 rings (SSSR count). The summed E-state index contributed by atoms with van der Waals surface area (Å²) in [5, 5.41) is 20.9. The molecule has 0 aliphatic heterocycles. The summed E-state index contributed by atoms with van der Waals surface area (Å²) < 4.78 is 2.13. The fourth-order valence-corrected chi connectivity index (χ4v) is 3.62. The molecular formula is C23H26N4OS. The minimum absolute atomic E-state index is 0.259. The molecule has 0 radical (unpaired) electrons. The number of phenols is 1. The molecule has 0 spiro atoms. The molecule has 0 aliphatic carbocycles. The molecule has 150 valence electrons. The van der Waals surface area contributed by atoms with Crippen LogP contribution in [0.1, 0.15) is 23.6 Å². The molecule has 29 heavy (non-hydrogen) atoms. The number of anilines is 2. The highest BCUT2D eigenvalue weighted by atomic mass is 32.2. The van der Waals surface area contributed by atoms with E-state index in [2.05, 4.69) is 28.7 Å². The quantitative estimate of drug-likeness (QED) is 0.348. The zero-order valence-corrected chi connectivity index (χ0v) is 17.8. The van der Waals surface area contributed by atoms with Gasteiger partial charge in [-0.2, -0.15) is 0 Å². The van der Waals surface area contributed by atoms with E-state index in [1.807, 2.05) is 43.6 Å². The average Bonchev–Trinajstić information content (AvgIpc) is 2.77. The molecule has 0 amide bonds. The Hall–Kier alpha value is -2.99. The largest absolute Gasteiger partial charge is 0.508 e. The first kappa shape index (κ1) is 20.7. The lowest BCUT2D eigenvalue weighted by Crippen LogP contribution is -2.11. The summed E-state index contributed by atoms with van der Waals surface area (Å²) >= 11 is 1.66. The first-order chi connectivity index (χ1) is 14.1. The van der Waals surface area contributed by atoms with Crippen LogP contribution in [-0.4, -0.2) is 29.6 Å². The minimum Gasteiger partial charge on any atom is -0.508 e. The molecule has 0 saturated heterocycles. The highest BCUT2D eigenvalue weighted by Gasteiger charge is 2.11. The van der Waals surface area contributed by atoms with E-state index in [1.54, 1.807) is 24.1 Å². The van der Waals surface area contributed by atoms with Crippen molar-refractivity contribution < 1.29 is 5.11 Å². The fraction of sp³-hybridized carbons (Fsp3) is 0.217. The van der Waals surface area contributed by atoms with E-state index < -0.39 is 0 Å². The van der Waals surface area contributed by atoms with Crippen LogP contribution in [0.4, 0.5) is 11.5 Å². The van der Waals surface area contributed by atoms with Crippen molar-refractivity contribution in [2.24, 2.45) is 0 Å². The van der Waals surface area contributed by atoms with Crippen LogP contribution in [0.5, 0.6) is 5.75 Å². The summed E-state index contributed by atoms with van der Waals surface area (Å²) in [5.74, 6) is 0.934. The second-order valence-corrected chi connectivity index (χ2v) is 7.55. The normalized spacial score (nSPS) is 10.6. The molecule has 3 N–H and O–H groups in total. The molecule has 1 heterocycles. The van der Waals surface area contributed by atoms with Crippen LogP contribution in [0.2, 0.25) is 0 Å². The van der Waals surface area contributed by atoms with Crippen molar-refractivity contribution in [3.05, 3.63) is 71.3 Å². The van der Waals surface area contributed by atoms with Gasteiger partial charge in [-0.05, 0) is 53.9 Å². The standard InChI is InChI=1S/C23H26N4OS/c1-4-16-13-19(28)10-11-20(16)21-12-9-17(14-24)23(26-21)25-15-18-7-5-6-8-22(18)27(2)29-3/h5-14,24,28H,4,15H2,1-3H3,(H,25,26). The van der Waals surface area contributed by atoms with Crippen LogP contribution in [0.15, 0.2) is 54.6 Å². The highest BCUT2D eigenvalue weighted by Crippen LogP contribution is 2.29. The van der Waals surface area contributed by atoms with E-state index in [0.29, 0.717) is 12.4 Å². The number of hydrogen-bond donors (Lipinski definition) is 3. The molecule has 0 unspecified atom stereocenters. The molecule has 6 heteroatoms. The number of pyridine rings is 1. The van der Waals surface area contributed by atoms with Crippen molar-refractivity contribution in [2.45, 2.75) is 19.9 Å². The van der Waals surface area contributed by atoms with E-state index in [9.17, 15) is 5.11 Å². The maximum absolute atomic E-state index is 9.79. The Kier molecular flexibility index (Phi) is 6.77. The third kappa shape index (κ3) is 4.71. The number of phenolic OH excluding ortho intramolecular Hbond substituents is 1. The van der Waals surface area contributed by atoms with Crippen LogP contribution in [0, 0.1) is 5.41 Å². The fourth-order valence-electron chi connectivity index (χ4n) is 3.25. The molecule has 0 bridgehead atoms. The van der Waals surface area contributed by atoms with Crippen LogP contribution >= 0.6 is 11.9 Å². The SMILES string of the molecule is CCc1cc(O)ccc1-c1ccc(C=N)c(NCc2ccccc2N(C)SC)n1. The number of aromatic hydroxyl groups is 1. The van der Waals surface area contributed by atoms with Gasteiger partial charge in [0.05, 0.1) is 11.4 Å². The number of benzene rings is 2. The number of para-hydroxylation sites is 1. The molecule has 0 fully saturated rings. The van der Waals surface area contributed by atoms with Crippen molar-refractivity contribution in [3.63, 3.8) is 0 Å². The molecule has 0 aliphatic rings. The van der Waals surface area contributed by atoms with Gasteiger partial charge in [0.1, 0.15) is 11.6 Å². The molecule has 1 aromatic heterocycles. The van der Waals surface area contributed by atoms with Crippen LogP contribution in [-0.2, 0) is 13.0 Å². The van der Waals surface area contributed by atoms with Crippen LogP contribution in [0.25, 0.3) is 11.3 Å². The van der Waals surface area contributed by atoms with E-state index in [4.69, 9.17) is 10.4 Å². The van der Waals surface area contributed by atoms with Crippen molar-refractivity contribution in [1.82, 2.24) is 4.98 Å². The second-order valence-electron chi connectivity index (χ2n) is 6.64. The maximum atomic E-state index is 9.79. The number of aryl methyl sites for hydroxylation is 1. The van der Waals surface area contributed by atoms with Gasteiger partial charge in [-0.25, -0.2) is 4.98 Å². The van der Waals surface area contributed by atoms with Crippen molar-refractivity contribution in [2.75, 3.05) is 22.9 Å². The Bertz CT molecular complexity index is 1010. The molecule has 2 aromatic carbocycles. The van der Waals surface area contributed by atoms with Crippen molar-refractivity contribution >= 4 is 29.7 Å². The Morgan fingerprint density at radius 3 is 2.66 bits per heavy atom. The lowest BCUT2D eigenvalue weighted by molar-refractivity contribution is 0.474. The molecule has 0 saturated carbocycles. The summed E-state index contributed by atoms with van der Waals surface area (Å²) in [7, 11) is 2.04. The molecule has 0 atom stereocenters. The van der Waals surface area contributed by atoms with Gasteiger partial charge in [-0.3, -0.25) is 0 Å². The van der Waals surface area contributed by atoms with Gasteiger partial charge in [0.15, 0.2) is 0 Å². The molecule has 3 aromatic rings. The number of hydrogen-bond acceptors (Lipinski definition) is 6. The Balaban J connectivity index is 1.93. The summed E-state index contributed by atoms with van der Waals surface area (Å²) in [6.07, 6.45) is 4.16.